The van der Waals surface area contributed by atoms with Gasteiger partial charge in [-0.05, 0) is 37.6 Å². The molecule has 4 nitrogen and oxygen atoms in total. The van der Waals surface area contributed by atoms with Crippen LogP contribution in [0.3, 0.4) is 0 Å². The number of nitrogens with zero attached hydrogens (tertiary/aromatic N) is 3. The van der Waals surface area contributed by atoms with E-state index in [1.165, 1.54) is 0 Å². The van der Waals surface area contributed by atoms with Crippen molar-refractivity contribution in [1.82, 2.24) is 9.78 Å². The lowest BCUT2D eigenvalue weighted by Crippen LogP contribution is -2.02. The fourth-order valence-electron chi connectivity index (χ4n) is 2.42. The molecule has 0 bridgehead atoms. The Balaban J connectivity index is 2.21. The highest BCUT2D eigenvalue weighted by molar-refractivity contribution is 6.33. The molecule has 0 fully saturated rings. The van der Waals surface area contributed by atoms with Crippen LogP contribution in [0.2, 0.25) is 5.02 Å². The first kappa shape index (κ1) is 15.1. The van der Waals surface area contributed by atoms with E-state index in [0.717, 1.165) is 16.8 Å². The average molecular weight is 323 g/mol. The molecule has 0 aliphatic heterocycles. The minimum Gasteiger partial charge on any atom is -0.382 e. The lowest BCUT2D eigenvalue weighted by molar-refractivity contribution is 0.894. The molecular formula is C18H15ClN4. The standard InChI is InChI=1S/C18H15ClN4/c1-11-3-6-13(7-4-11)23-18(21)15(10-20)17(22-23)14-8-5-12(2)9-16(14)19/h3-9H,21H2,1-2H3. The first-order valence-corrected chi connectivity index (χ1v) is 7.51. The smallest absolute Gasteiger partial charge is 0.145 e. The van der Waals surface area contributed by atoms with Crippen molar-refractivity contribution in [3.05, 3.63) is 64.2 Å². The van der Waals surface area contributed by atoms with Crippen LogP contribution in [0.25, 0.3) is 16.9 Å². The van der Waals surface area contributed by atoms with Crippen LogP contribution in [0.1, 0.15) is 16.7 Å². The Morgan fingerprint density at radius 3 is 2.35 bits per heavy atom. The van der Waals surface area contributed by atoms with E-state index in [1.54, 1.807) is 4.68 Å². The Morgan fingerprint density at radius 2 is 1.74 bits per heavy atom. The first-order valence-electron chi connectivity index (χ1n) is 7.13. The number of hydrogen-bond donors (Lipinski definition) is 1. The van der Waals surface area contributed by atoms with E-state index in [-0.39, 0.29) is 0 Å². The van der Waals surface area contributed by atoms with Gasteiger partial charge in [0.05, 0.1) is 10.7 Å². The number of aryl methyl sites for hydroxylation is 2. The third-order valence-electron chi connectivity index (χ3n) is 3.69. The van der Waals surface area contributed by atoms with E-state index < -0.39 is 0 Å². The van der Waals surface area contributed by atoms with Crippen LogP contribution in [-0.4, -0.2) is 9.78 Å². The van der Waals surface area contributed by atoms with Crippen molar-refractivity contribution in [2.24, 2.45) is 0 Å². The van der Waals surface area contributed by atoms with Crippen LogP contribution in [0.4, 0.5) is 5.82 Å². The number of nitrogen functional groups attached to an aromatic ring is 1. The van der Waals surface area contributed by atoms with E-state index >= 15 is 0 Å². The average Bonchev–Trinajstić information content (AvgIpc) is 2.84. The third kappa shape index (κ3) is 2.67. The van der Waals surface area contributed by atoms with Gasteiger partial charge in [0.1, 0.15) is 23.1 Å². The summed E-state index contributed by atoms with van der Waals surface area (Å²) in [6.07, 6.45) is 0. The van der Waals surface area contributed by atoms with Crippen LogP contribution in [0, 0.1) is 25.2 Å². The molecule has 0 saturated carbocycles. The van der Waals surface area contributed by atoms with Gasteiger partial charge in [0.15, 0.2) is 0 Å². The molecule has 0 aliphatic rings. The summed E-state index contributed by atoms with van der Waals surface area (Å²) in [5.74, 6) is 0.308. The second-order valence-electron chi connectivity index (χ2n) is 5.45. The van der Waals surface area contributed by atoms with Crippen molar-refractivity contribution in [2.75, 3.05) is 5.73 Å². The van der Waals surface area contributed by atoms with Crippen molar-refractivity contribution < 1.29 is 0 Å². The van der Waals surface area contributed by atoms with Crippen molar-refractivity contribution in [2.45, 2.75) is 13.8 Å². The molecule has 0 saturated heterocycles. The largest absolute Gasteiger partial charge is 0.382 e. The predicted molar refractivity (Wildman–Crippen MR) is 92.6 cm³/mol. The maximum absolute atomic E-state index is 9.48. The summed E-state index contributed by atoms with van der Waals surface area (Å²) in [6, 6.07) is 15.6. The van der Waals surface area contributed by atoms with E-state index in [4.69, 9.17) is 17.3 Å². The second kappa shape index (κ2) is 5.79. The van der Waals surface area contributed by atoms with Gasteiger partial charge in [-0.25, -0.2) is 4.68 Å². The Morgan fingerprint density at radius 1 is 1.09 bits per heavy atom. The van der Waals surface area contributed by atoms with Crippen LogP contribution in [0.5, 0.6) is 0 Å². The van der Waals surface area contributed by atoms with Gasteiger partial charge >= 0.3 is 0 Å². The van der Waals surface area contributed by atoms with Gasteiger partial charge in [-0.1, -0.05) is 41.4 Å². The Labute approximate surface area is 139 Å². The summed E-state index contributed by atoms with van der Waals surface area (Å²) in [5, 5.41) is 14.6. The van der Waals surface area contributed by atoms with Crippen molar-refractivity contribution >= 4 is 17.4 Å². The topological polar surface area (TPSA) is 67.6 Å². The molecule has 0 radical (unpaired) electrons. The number of nitrogens with two attached hydrogens (primary N) is 1. The summed E-state index contributed by atoms with van der Waals surface area (Å²) in [5.41, 5.74) is 10.7. The highest BCUT2D eigenvalue weighted by Crippen LogP contribution is 2.33. The van der Waals surface area contributed by atoms with Crippen LogP contribution in [0.15, 0.2) is 42.5 Å². The summed E-state index contributed by atoms with van der Waals surface area (Å²) in [7, 11) is 0. The number of anilines is 1. The maximum Gasteiger partial charge on any atom is 0.145 e. The summed E-state index contributed by atoms with van der Waals surface area (Å²) in [6.45, 7) is 3.97. The van der Waals surface area contributed by atoms with Crippen LogP contribution < -0.4 is 5.73 Å². The molecule has 5 heteroatoms. The Hall–Kier alpha value is -2.77. The van der Waals surface area contributed by atoms with Gasteiger partial charge in [-0.3, -0.25) is 0 Å². The molecule has 2 aromatic carbocycles. The van der Waals surface area contributed by atoms with E-state index in [0.29, 0.717) is 27.7 Å². The normalized spacial score (nSPS) is 10.5. The molecule has 0 unspecified atom stereocenters. The lowest BCUT2D eigenvalue weighted by Gasteiger charge is -2.04. The minimum absolute atomic E-state index is 0.308. The minimum atomic E-state index is 0.308. The molecule has 2 N–H and O–H groups in total. The molecule has 0 aliphatic carbocycles. The number of benzene rings is 2. The summed E-state index contributed by atoms with van der Waals surface area (Å²) in [4.78, 5) is 0. The molecule has 114 valence electrons. The molecular weight excluding hydrogens is 308 g/mol. The molecule has 0 atom stereocenters. The zero-order chi connectivity index (χ0) is 16.6. The van der Waals surface area contributed by atoms with Gasteiger partial charge < -0.3 is 5.73 Å². The van der Waals surface area contributed by atoms with Gasteiger partial charge in [-0.15, -0.1) is 0 Å². The highest BCUT2D eigenvalue weighted by Gasteiger charge is 2.19. The monoisotopic (exact) mass is 322 g/mol. The molecule has 3 rings (SSSR count). The van der Waals surface area contributed by atoms with Crippen molar-refractivity contribution in [1.29, 1.82) is 5.26 Å². The zero-order valence-corrected chi connectivity index (χ0v) is 13.6. The van der Waals surface area contributed by atoms with E-state index in [1.807, 2.05) is 56.3 Å². The third-order valence-corrected chi connectivity index (χ3v) is 4.00. The number of halogens is 1. The molecule has 1 aromatic heterocycles. The second-order valence-corrected chi connectivity index (χ2v) is 5.86. The Kier molecular flexibility index (Phi) is 3.81. The number of aromatic nitrogens is 2. The number of nitriles is 1. The van der Waals surface area contributed by atoms with Gasteiger partial charge in [0.2, 0.25) is 0 Å². The van der Waals surface area contributed by atoms with Crippen LogP contribution in [-0.2, 0) is 0 Å². The molecule has 3 aromatic rings. The van der Waals surface area contributed by atoms with Crippen LogP contribution >= 0.6 is 11.6 Å². The fraction of sp³-hybridized carbons (Fsp3) is 0.111. The highest BCUT2D eigenvalue weighted by atomic mass is 35.5. The zero-order valence-electron chi connectivity index (χ0n) is 12.8. The SMILES string of the molecule is Cc1ccc(-n2nc(-c3ccc(C)cc3Cl)c(C#N)c2N)cc1. The van der Waals surface area contributed by atoms with Crippen molar-refractivity contribution in [3.63, 3.8) is 0 Å². The quantitative estimate of drug-likeness (QED) is 0.766. The lowest BCUT2D eigenvalue weighted by atomic mass is 10.1. The Bertz CT molecular complexity index is 917. The summed E-state index contributed by atoms with van der Waals surface area (Å²) < 4.78 is 1.57. The van der Waals surface area contributed by atoms with E-state index in [2.05, 4.69) is 11.2 Å². The van der Waals surface area contributed by atoms with Gasteiger partial charge in [0.25, 0.3) is 0 Å². The fourth-order valence-corrected chi connectivity index (χ4v) is 2.75. The number of rotatable bonds is 2. The predicted octanol–water partition coefficient (Wildman–Crippen LogP) is 4.26. The van der Waals surface area contributed by atoms with Gasteiger partial charge in [-0.2, -0.15) is 10.4 Å². The summed E-state index contributed by atoms with van der Waals surface area (Å²) >= 11 is 6.32. The maximum atomic E-state index is 9.48. The molecule has 0 amide bonds. The number of hydrogen-bond acceptors (Lipinski definition) is 3. The van der Waals surface area contributed by atoms with Crippen molar-refractivity contribution in [3.8, 4) is 23.0 Å². The van der Waals surface area contributed by atoms with Gasteiger partial charge in [0, 0.05) is 5.56 Å². The molecule has 0 spiro atoms. The molecule has 1 heterocycles. The molecule has 23 heavy (non-hydrogen) atoms. The van der Waals surface area contributed by atoms with E-state index in [9.17, 15) is 5.26 Å². The first-order chi connectivity index (χ1) is 11.0.